The maximum atomic E-state index is 13.9. The zero-order valence-electron chi connectivity index (χ0n) is 26.8. The van der Waals surface area contributed by atoms with E-state index in [2.05, 4.69) is 16.9 Å². The highest BCUT2D eigenvalue weighted by Crippen LogP contribution is 2.47. The minimum Gasteiger partial charge on any atom is -0.497 e. The lowest BCUT2D eigenvalue weighted by Crippen LogP contribution is -2.56. The highest BCUT2D eigenvalue weighted by atomic mass is 32.2. The number of ether oxygens (including phenoxy) is 3. The van der Waals surface area contributed by atoms with Crippen LogP contribution in [-0.2, 0) is 28.8 Å². The Kier molecular flexibility index (Phi) is 8.99. The highest BCUT2D eigenvalue weighted by molar-refractivity contribution is 7.85. The van der Waals surface area contributed by atoms with Gasteiger partial charge in [-0.15, -0.1) is 6.58 Å². The van der Waals surface area contributed by atoms with Crippen molar-refractivity contribution in [3.63, 3.8) is 0 Å². The molecular formula is C32H42N4O9S. The Morgan fingerprint density at radius 3 is 2.54 bits per heavy atom. The molecule has 13 nitrogen and oxygen atoms in total. The third-order valence-corrected chi connectivity index (χ3v) is 9.48. The average molecular weight is 659 g/mol. The summed E-state index contributed by atoms with van der Waals surface area (Å²) in [6, 6.07) is 6.18. The molecule has 3 aliphatic rings. The molecular weight excluding hydrogens is 616 g/mol. The van der Waals surface area contributed by atoms with Gasteiger partial charge in [-0.1, -0.05) is 19.4 Å². The fourth-order valence-electron chi connectivity index (χ4n) is 5.93. The van der Waals surface area contributed by atoms with Crippen LogP contribution in [0, 0.1) is 5.92 Å². The zero-order chi connectivity index (χ0) is 33.5. The van der Waals surface area contributed by atoms with Crippen molar-refractivity contribution >= 4 is 39.0 Å². The molecule has 3 fully saturated rings. The van der Waals surface area contributed by atoms with Crippen LogP contribution >= 0.6 is 0 Å². The van der Waals surface area contributed by atoms with Crippen molar-refractivity contribution in [2.45, 2.75) is 95.1 Å². The third-order valence-electron chi connectivity index (χ3n) is 8.47. The summed E-state index contributed by atoms with van der Waals surface area (Å²) >= 11 is 0. The lowest BCUT2D eigenvalue weighted by molar-refractivity contribution is -0.131. The number of nitrogens with one attached hydrogen (secondary N) is 2. The summed E-state index contributed by atoms with van der Waals surface area (Å²) in [6.45, 7) is 10.8. The largest absolute Gasteiger partial charge is 0.497 e. The van der Waals surface area contributed by atoms with Gasteiger partial charge in [-0.3, -0.25) is 14.5 Å². The monoisotopic (exact) mass is 658 g/mol. The number of pyridine rings is 1. The minimum atomic E-state index is -4.44. The predicted octanol–water partition coefficient (Wildman–Crippen LogP) is 3.77. The summed E-state index contributed by atoms with van der Waals surface area (Å²) in [6.07, 6.45) is 4.35. The molecule has 2 aliphatic carbocycles. The topological polar surface area (TPSA) is 162 Å². The van der Waals surface area contributed by atoms with E-state index in [1.807, 2.05) is 29.8 Å². The Bertz CT molecular complexity index is 1640. The summed E-state index contributed by atoms with van der Waals surface area (Å²) in [5, 5.41) is 4.29. The third kappa shape index (κ3) is 7.22. The molecule has 0 bridgehead atoms. The molecule has 2 N–H and O–H groups in total. The van der Waals surface area contributed by atoms with Crippen molar-refractivity contribution in [2.24, 2.45) is 5.92 Å². The number of hydrogen-bond donors (Lipinski definition) is 2. The van der Waals surface area contributed by atoms with Gasteiger partial charge in [0.15, 0.2) is 0 Å². The first-order valence-corrected chi connectivity index (χ1v) is 16.9. The summed E-state index contributed by atoms with van der Waals surface area (Å²) in [5.41, 5.74) is -3.22. The number of fused-ring (bicyclic) bond motifs is 1. The highest BCUT2D eigenvalue weighted by Gasteiger charge is 2.62. The second-order valence-electron chi connectivity index (χ2n) is 13.2. The van der Waals surface area contributed by atoms with E-state index < -0.39 is 63.0 Å². The van der Waals surface area contributed by atoms with Crippen molar-refractivity contribution in [3.05, 3.63) is 43.1 Å². The standard InChI is InChI=1S/C32H42N4O9S/c1-7-12-31(13-14-31)45-46(40,41)35-28(38)32(18-21(32)8-2)34-26(37)25-17-23(19-36(25)29(39)44-30(3,4)5)43-27-24-10-9-22(42-6)16-20(24)11-15-33-27/h8-11,15-16,21,23,25H,2,7,12-14,17-19H2,1,3-6H3,(H,34,37)(H,35,38). The Morgan fingerprint density at radius 1 is 1.20 bits per heavy atom. The number of benzene rings is 1. The van der Waals surface area contributed by atoms with Gasteiger partial charge in [0.1, 0.15) is 29.0 Å². The van der Waals surface area contributed by atoms with Crippen LogP contribution in [0.15, 0.2) is 43.1 Å². The molecule has 2 heterocycles. The van der Waals surface area contributed by atoms with E-state index in [0.717, 1.165) is 17.2 Å². The summed E-state index contributed by atoms with van der Waals surface area (Å²) < 4.78 is 50.2. The van der Waals surface area contributed by atoms with Gasteiger partial charge >= 0.3 is 16.4 Å². The molecule has 0 radical (unpaired) electrons. The molecule has 0 spiro atoms. The SMILES string of the molecule is C=CC1CC1(NC(=O)C1CC(Oc2nccc3cc(OC)ccc23)CN1C(=O)OC(C)(C)C)C(=O)NS(=O)(=O)OC1(CCC)CC1. The number of nitrogens with zero attached hydrogens (tertiary/aromatic N) is 2. The number of hydrogen-bond acceptors (Lipinski definition) is 10. The van der Waals surface area contributed by atoms with E-state index in [1.54, 1.807) is 40.1 Å². The van der Waals surface area contributed by atoms with E-state index in [9.17, 15) is 22.8 Å². The van der Waals surface area contributed by atoms with Crippen molar-refractivity contribution in [1.29, 1.82) is 0 Å². The van der Waals surface area contributed by atoms with Crippen LogP contribution in [0.5, 0.6) is 11.6 Å². The van der Waals surface area contributed by atoms with Crippen molar-refractivity contribution in [1.82, 2.24) is 19.9 Å². The Hall–Kier alpha value is -3.91. The Balaban J connectivity index is 1.35. The predicted molar refractivity (Wildman–Crippen MR) is 168 cm³/mol. The molecule has 1 aromatic carbocycles. The fraction of sp³-hybridized carbons (Fsp3) is 0.562. The number of amides is 3. The molecule has 2 aromatic rings. The van der Waals surface area contributed by atoms with E-state index in [4.69, 9.17) is 18.4 Å². The molecule has 2 saturated carbocycles. The molecule has 3 amide bonds. The molecule has 4 atom stereocenters. The van der Waals surface area contributed by atoms with Gasteiger partial charge in [-0.25, -0.2) is 18.7 Å². The van der Waals surface area contributed by atoms with E-state index in [0.29, 0.717) is 30.9 Å². The van der Waals surface area contributed by atoms with Gasteiger partial charge in [-0.2, -0.15) is 8.42 Å². The maximum Gasteiger partial charge on any atom is 0.411 e. The molecule has 1 saturated heterocycles. The van der Waals surface area contributed by atoms with Crippen LogP contribution in [0.1, 0.15) is 66.2 Å². The smallest absolute Gasteiger partial charge is 0.411 e. The normalized spacial score (nSPS) is 25.0. The van der Waals surface area contributed by atoms with E-state index in [1.165, 1.54) is 11.0 Å². The number of carbonyl (C=O) groups excluding carboxylic acids is 3. The molecule has 1 aliphatic heterocycles. The zero-order valence-corrected chi connectivity index (χ0v) is 27.6. The summed E-state index contributed by atoms with van der Waals surface area (Å²) in [5.74, 6) is -1.13. The van der Waals surface area contributed by atoms with Crippen LogP contribution in [0.4, 0.5) is 4.79 Å². The van der Waals surface area contributed by atoms with Crippen molar-refractivity contribution < 1.29 is 41.2 Å². The van der Waals surface area contributed by atoms with Crippen LogP contribution in [0.3, 0.4) is 0 Å². The number of carbonyl (C=O) groups is 3. The van der Waals surface area contributed by atoms with Crippen LogP contribution in [0.25, 0.3) is 10.8 Å². The van der Waals surface area contributed by atoms with Gasteiger partial charge in [-0.05, 0) is 76.1 Å². The summed E-state index contributed by atoms with van der Waals surface area (Å²) in [7, 11) is -2.87. The van der Waals surface area contributed by atoms with Gasteiger partial charge in [0.05, 0.1) is 19.3 Å². The van der Waals surface area contributed by atoms with Gasteiger partial charge in [0.25, 0.3) is 5.91 Å². The lowest BCUT2D eigenvalue weighted by atomic mass is 10.1. The molecule has 1 aromatic heterocycles. The van der Waals surface area contributed by atoms with Gasteiger partial charge < -0.3 is 19.5 Å². The van der Waals surface area contributed by atoms with Crippen molar-refractivity contribution in [2.75, 3.05) is 13.7 Å². The van der Waals surface area contributed by atoms with E-state index in [-0.39, 0.29) is 19.4 Å². The first-order chi connectivity index (χ1) is 21.6. The van der Waals surface area contributed by atoms with Crippen molar-refractivity contribution in [3.8, 4) is 11.6 Å². The number of likely N-dealkylation sites (tertiary alicyclic amines) is 1. The second kappa shape index (κ2) is 12.4. The van der Waals surface area contributed by atoms with E-state index >= 15 is 0 Å². The first-order valence-electron chi connectivity index (χ1n) is 15.4. The molecule has 4 unspecified atom stereocenters. The van der Waals surface area contributed by atoms with Crippen LogP contribution in [-0.4, -0.2) is 78.8 Å². The molecule has 5 rings (SSSR count). The minimum absolute atomic E-state index is 0.00698. The van der Waals surface area contributed by atoms with Gasteiger partial charge in [0, 0.05) is 23.9 Å². The number of rotatable bonds is 12. The summed E-state index contributed by atoms with van der Waals surface area (Å²) in [4.78, 5) is 46.3. The Morgan fingerprint density at radius 2 is 1.93 bits per heavy atom. The van der Waals surface area contributed by atoms with Crippen LogP contribution in [0.2, 0.25) is 0 Å². The fourth-order valence-corrected chi connectivity index (χ4v) is 7.09. The quantitative estimate of drug-likeness (QED) is 0.321. The maximum absolute atomic E-state index is 13.9. The number of aromatic nitrogens is 1. The Labute approximate surface area is 269 Å². The number of methoxy groups -OCH3 is 1. The first kappa shape index (κ1) is 33.5. The average Bonchev–Trinajstić information content (AvgIpc) is 3.85. The molecule has 14 heteroatoms. The molecule has 46 heavy (non-hydrogen) atoms. The lowest BCUT2D eigenvalue weighted by Gasteiger charge is -2.29. The molecule has 250 valence electrons. The van der Waals surface area contributed by atoms with Gasteiger partial charge in [0.2, 0.25) is 11.8 Å². The second-order valence-corrected chi connectivity index (χ2v) is 14.5. The van der Waals surface area contributed by atoms with Crippen LogP contribution < -0.4 is 19.5 Å².